The standard InChI is InChI=1S/C20H19N3O5S.ClH/c24-18(23-12-10-14-5-1-3-7-16(14)23)13-28-19(25)9-11-21-20-15-6-2-4-8-17(15)29(26,27)22-20;/h1-8H,9-13H2,(H,21,22);1H. The quantitative estimate of drug-likeness (QED) is 0.699. The van der Waals surface area contributed by atoms with Crippen molar-refractivity contribution < 1.29 is 22.7 Å². The molecule has 4 rings (SSSR count). The number of carbonyl (C=O) groups is 2. The number of halogens is 1. The molecule has 1 amide bonds. The summed E-state index contributed by atoms with van der Waals surface area (Å²) in [5, 5.41) is 0. The fourth-order valence-electron chi connectivity index (χ4n) is 3.40. The van der Waals surface area contributed by atoms with Gasteiger partial charge in [-0.15, -0.1) is 12.4 Å². The zero-order valence-electron chi connectivity index (χ0n) is 15.9. The maximum Gasteiger partial charge on any atom is 0.308 e. The summed E-state index contributed by atoms with van der Waals surface area (Å²) in [6.07, 6.45) is 0.724. The van der Waals surface area contributed by atoms with Crippen LogP contribution in [0.3, 0.4) is 0 Å². The lowest BCUT2D eigenvalue weighted by Crippen LogP contribution is -2.33. The molecule has 2 heterocycles. The average Bonchev–Trinajstić information content (AvgIpc) is 3.25. The number of nitrogens with zero attached hydrogens (tertiary/aromatic N) is 2. The van der Waals surface area contributed by atoms with Gasteiger partial charge in [-0.2, -0.15) is 0 Å². The minimum absolute atomic E-state index is 0. The Balaban J connectivity index is 0.00000256. The number of carbonyl (C=O) groups excluding carboxylic acids is 2. The highest BCUT2D eigenvalue weighted by molar-refractivity contribution is 7.90. The second-order valence-corrected chi connectivity index (χ2v) is 8.32. The fourth-order valence-corrected chi connectivity index (χ4v) is 4.65. The second kappa shape index (κ2) is 8.85. The first-order valence-electron chi connectivity index (χ1n) is 9.16. The summed E-state index contributed by atoms with van der Waals surface area (Å²) in [6.45, 7) is 0.286. The van der Waals surface area contributed by atoms with E-state index in [4.69, 9.17) is 4.74 Å². The van der Waals surface area contributed by atoms with Crippen LogP contribution in [0.15, 0.2) is 58.4 Å². The highest BCUT2D eigenvalue weighted by Gasteiger charge is 2.30. The van der Waals surface area contributed by atoms with Gasteiger partial charge in [-0.3, -0.25) is 19.3 Å². The fraction of sp³-hybridized carbons (Fsp3) is 0.250. The third-order valence-corrected chi connectivity index (χ3v) is 6.19. The Morgan fingerprint density at radius 3 is 2.67 bits per heavy atom. The third kappa shape index (κ3) is 4.31. The molecule has 10 heteroatoms. The van der Waals surface area contributed by atoms with E-state index in [1.165, 1.54) is 6.07 Å². The Hall–Kier alpha value is -2.91. The van der Waals surface area contributed by atoms with Crippen LogP contribution in [0, 0.1) is 0 Å². The predicted molar refractivity (Wildman–Crippen MR) is 113 cm³/mol. The van der Waals surface area contributed by atoms with Gasteiger partial charge < -0.3 is 9.64 Å². The molecule has 0 aliphatic carbocycles. The van der Waals surface area contributed by atoms with Crippen LogP contribution < -0.4 is 9.62 Å². The number of aliphatic imine (C=N–C) groups is 1. The van der Waals surface area contributed by atoms with E-state index < -0.39 is 16.0 Å². The molecule has 8 nitrogen and oxygen atoms in total. The van der Waals surface area contributed by atoms with Crippen LogP contribution in [0.5, 0.6) is 0 Å². The number of hydrogen-bond donors (Lipinski definition) is 1. The Kier molecular flexibility index (Phi) is 6.42. The molecule has 0 atom stereocenters. The van der Waals surface area contributed by atoms with Crippen molar-refractivity contribution >= 4 is 45.8 Å². The number of hydrogen-bond acceptors (Lipinski definition) is 6. The number of sulfonamides is 1. The molecule has 0 fully saturated rings. The molecular formula is C20H20ClN3O5S. The maximum atomic E-state index is 12.3. The molecular weight excluding hydrogens is 430 g/mol. The van der Waals surface area contributed by atoms with Crippen LogP contribution in [0.25, 0.3) is 0 Å². The first-order chi connectivity index (χ1) is 14.0. The van der Waals surface area contributed by atoms with Crippen molar-refractivity contribution in [3.8, 4) is 0 Å². The molecule has 158 valence electrons. The molecule has 2 aromatic carbocycles. The highest BCUT2D eigenvalue weighted by Crippen LogP contribution is 2.27. The number of fused-ring (bicyclic) bond motifs is 2. The van der Waals surface area contributed by atoms with E-state index in [2.05, 4.69) is 9.71 Å². The van der Waals surface area contributed by atoms with Crippen LogP contribution in [-0.4, -0.2) is 45.8 Å². The molecule has 0 aromatic heterocycles. The summed E-state index contributed by atoms with van der Waals surface area (Å²) < 4.78 is 31.5. The summed E-state index contributed by atoms with van der Waals surface area (Å²) in [6, 6.07) is 14.1. The molecule has 1 N–H and O–H groups in total. The first kappa shape index (κ1) is 21.8. The van der Waals surface area contributed by atoms with Crippen LogP contribution >= 0.6 is 12.4 Å². The molecule has 0 radical (unpaired) electrons. The summed E-state index contributed by atoms with van der Waals surface area (Å²) >= 11 is 0. The van der Waals surface area contributed by atoms with Crippen LogP contribution in [0.1, 0.15) is 17.5 Å². The number of ether oxygens (including phenoxy) is 1. The molecule has 2 aliphatic rings. The van der Waals surface area contributed by atoms with Gasteiger partial charge in [0.2, 0.25) is 0 Å². The van der Waals surface area contributed by atoms with E-state index in [1.54, 1.807) is 23.1 Å². The topological polar surface area (TPSA) is 105 Å². The van der Waals surface area contributed by atoms with Crippen molar-refractivity contribution in [1.29, 1.82) is 0 Å². The first-order valence-corrected chi connectivity index (χ1v) is 10.6. The third-order valence-electron chi connectivity index (χ3n) is 4.79. The number of amides is 1. The predicted octanol–water partition coefficient (Wildman–Crippen LogP) is 1.67. The summed E-state index contributed by atoms with van der Waals surface area (Å²) in [7, 11) is -3.61. The number of esters is 1. The SMILES string of the molecule is Cl.O=C(CCN=C1NS(=O)(=O)c2ccccc21)OCC(=O)N1CCc2ccccc21. The molecule has 0 saturated carbocycles. The maximum absolute atomic E-state index is 12.3. The smallest absolute Gasteiger partial charge is 0.308 e. The van der Waals surface area contributed by atoms with Gasteiger partial charge in [-0.1, -0.05) is 30.3 Å². The van der Waals surface area contributed by atoms with E-state index in [0.717, 1.165) is 17.7 Å². The Bertz CT molecular complexity index is 1120. The van der Waals surface area contributed by atoms with Crippen molar-refractivity contribution in [2.75, 3.05) is 24.6 Å². The Labute approximate surface area is 180 Å². The minimum atomic E-state index is -3.61. The van der Waals surface area contributed by atoms with Crippen molar-refractivity contribution in [2.24, 2.45) is 4.99 Å². The molecule has 0 unspecified atom stereocenters. The lowest BCUT2D eigenvalue weighted by Gasteiger charge is -2.17. The monoisotopic (exact) mass is 449 g/mol. The molecule has 30 heavy (non-hydrogen) atoms. The van der Waals surface area contributed by atoms with Gasteiger partial charge >= 0.3 is 5.97 Å². The molecule has 2 aliphatic heterocycles. The summed E-state index contributed by atoms with van der Waals surface area (Å²) in [5.74, 6) is -0.630. The van der Waals surface area contributed by atoms with Gasteiger partial charge in [0.25, 0.3) is 15.9 Å². The van der Waals surface area contributed by atoms with Gasteiger partial charge in [0.1, 0.15) is 5.84 Å². The molecule has 0 saturated heterocycles. The minimum Gasteiger partial charge on any atom is -0.455 e. The summed E-state index contributed by atoms with van der Waals surface area (Å²) in [5.41, 5.74) is 2.43. The van der Waals surface area contributed by atoms with E-state index in [-0.39, 0.29) is 48.6 Å². The average molecular weight is 450 g/mol. The van der Waals surface area contributed by atoms with Crippen molar-refractivity contribution in [1.82, 2.24) is 4.72 Å². The zero-order chi connectivity index (χ0) is 20.4. The number of benzene rings is 2. The lowest BCUT2D eigenvalue weighted by atomic mass is 10.2. The molecule has 0 spiro atoms. The van der Waals surface area contributed by atoms with Gasteiger partial charge in [-0.05, 0) is 30.2 Å². The normalized spacial score (nSPS) is 16.9. The van der Waals surface area contributed by atoms with E-state index >= 15 is 0 Å². The van der Waals surface area contributed by atoms with E-state index in [9.17, 15) is 18.0 Å². The number of anilines is 1. The van der Waals surface area contributed by atoms with Gasteiger partial charge in [0.15, 0.2) is 6.61 Å². The molecule has 0 bridgehead atoms. The van der Waals surface area contributed by atoms with Gasteiger partial charge in [-0.25, -0.2) is 8.42 Å². The number of para-hydroxylation sites is 1. The Morgan fingerprint density at radius 1 is 1.10 bits per heavy atom. The number of amidine groups is 1. The highest BCUT2D eigenvalue weighted by atomic mass is 35.5. The zero-order valence-corrected chi connectivity index (χ0v) is 17.5. The van der Waals surface area contributed by atoms with E-state index in [1.807, 2.05) is 24.3 Å². The Morgan fingerprint density at radius 2 is 1.83 bits per heavy atom. The van der Waals surface area contributed by atoms with Crippen LogP contribution in [0.2, 0.25) is 0 Å². The second-order valence-electron chi connectivity index (χ2n) is 6.67. The van der Waals surface area contributed by atoms with Crippen molar-refractivity contribution in [2.45, 2.75) is 17.7 Å². The lowest BCUT2D eigenvalue weighted by molar-refractivity contribution is -0.147. The van der Waals surface area contributed by atoms with Crippen molar-refractivity contribution in [3.63, 3.8) is 0 Å². The number of nitrogens with one attached hydrogen (secondary N) is 1. The van der Waals surface area contributed by atoms with Crippen molar-refractivity contribution in [3.05, 3.63) is 59.7 Å². The molecule has 2 aromatic rings. The number of rotatable bonds is 5. The largest absolute Gasteiger partial charge is 0.455 e. The van der Waals surface area contributed by atoms with Crippen LogP contribution in [-0.2, 0) is 30.8 Å². The van der Waals surface area contributed by atoms with Gasteiger partial charge in [0, 0.05) is 17.8 Å². The van der Waals surface area contributed by atoms with Gasteiger partial charge in [0.05, 0.1) is 17.9 Å². The van der Waals surface area contributed by atoms with Crippen LogP contribution in [0.4, 0.5) is 5.69 Å². The summed E-state index contributed by atoms with van der Waals surface area (Å²) in [4.78, 5) is 30.2. The van der Waals surface area contributed by atoms with E-state index in [0.29, 0.717) is 12.1 Å².